The van der Waals surface area contributed by atoms with E-state index in [1.807, 2.05) is 12.1 Å². The number of benzene rings is 1. The molecule has 0 radical (unpaired) electrons. The van der Waals surface area contributed by atoms with E-state index in [9.17, 15) is 14.7 Å². The summed E-state index contributed by atoms with van der Waals surface area (Å²) in [5.74, 6) is -0.678. The molecule has 5 nitrogen and oxygen atoms in total. The number of hydrogen-bond donors (Lipinski definition) is 2. The van der Waals surface area contributed by atoms with Gasteiger partial charge in [-0.1, -0.05) is 31.9 Å². The van der Waals surface area contributed by atoms with Gasteiger partial charge in [0.1, 0.15) is 11.3 Å². The molecule has 0 atom stereocenters. The summed E-state index contributed by atoms with van der Waals surface area (Å²) >= 11 is 0. The molecule has 1 aliphatic rings. The van der Waals surface area contributed by atoms with Gasteiger partial charge in [-0.05, 0) is 30.9 Å². The molecule has 0 unspecified atom stereocenters. The van der Waals surface area contributed by atoms with Gasteiger partial charge in [-0.15, -0.1) is 0 Å². The number of carbonyl (C=O) groups excluding carboxylic acids is 1. The lowest BCUT2D eigenvalue weighted by Gasteiger charge is -2.21. The second kappa shape index (κ2) is 6.44. The van der Waals surface area contributed by atoms with Crippen LogP contribution >= 0.6 is 0 Å². The summed E-state index contributed by atoms with van der Waals surface area (Å²) in [6.07, 6.45) is 4.71. The lowest BCUT2D eigenvalue weighted by molar-refractivity contribution is 0.0948. The zero-order chi connectivity index (χ0) is 16.4. The van der Waals surface area contributed by atoms with Crippen molar-refractivity contribution in [3.63, 3.8) is 0 Å². The second-order valence-electron chi connectivity index (χ2n) is 6.06. The summed E-state index contributed by atoms with van der Waals surface area (Å²) in [6.45, 7) is 3.19. The van der Waals surface area contributed by atoms with Crippen molar-refractivity contribution in [3.05, 3.63) is 39.7 Å². The maximum Gasteiger partial charge on any atom is 0.267 e. The van der Waals surface area contributed by atoms with Crippen molar-refractivity contribution in [1.29, 1.82) is 0 Å². The first-order valence-electron chi connectivity index (χ1n) is 8.30. The summed E-state index contributed by atoms with van der Waals surface area (Å²) in [5.41, 5.74) is 1.29. The van der Waals surface area contributed by atoms with E-state index in [-0.39, 0.29) is 11.3 Å². The van der Waals surface area contributed by atoms with Crippen LogP contribution in [0.1, 0.15) is 48.5 Å². The minimum atomic E-state index is -0.481. The number of aromatic hydroxyl groups is 1. The van der Waals surface area contributed by atoms with Gasteiger partial charge in [0.15, 0.2) is 0 Å². The SMILES string of the molecule is CCCCCNC(=O)c1c(O)c2cccc3c2n(c1=O)CCC3. The number of hydrogen-bond acceptors (Lipinski definition) is 3. The van der Waals surface area contributed by atoms with E-state index in [2.05, 4.69) is 12.2 Å². The third kappa shape index (κ3) is 2.71. The Bertz CT molecular complexity index is 808. The van der Waals surface area contributed by atoms with Gasteiger partial charge in [0.05, 0.1) is 5.52 Å². The van der Waals surface area contributed by atoms with E-state index < -0.39 is 11.5 Å². The van der Waals surface area contributed by atoms with Crippen LogP contribution in [-0.2, 0) is 13.0 Å². The molecule has 23 heavy (non-hydrogen) atoms. The molecule has 0 saturated carbocycles. The molecular formula is C18H22N2O3. The van der Waals surface area contributed by atoms with Gasteiger partial charge in [-0.25, -0.2) is 0 Å². The molecule has 2 heterocycles. The molecule has 3 rings (SSSR count). The second-order valence-corrected chi connectivity index (χ2v) is 6.06. The molecular weight excluding hydrogens is 292 g/mol. The van der Waals surface area contributed by atoms with Crippen molar-refractivity contribution in [2.24, 2.45) is 0 Å². The summed E-state index contributed by atoms with van der Waals surface area (Å²) in [7, 11) is 0. The van der Waals surface area contributed by atoms with Crippen LogP contribution in [0.4, 0.5) is 0 Å². The van der Waals surface area contributed by atoms with Crippen LogP contribution in [0.25, 0.3) is 10.9 Å². The molecule has 2 N–H and O–H groups in total. The maximum atomic E-state index is 12.7. The fourth-order valence-corrected chi connectivity index (χ4v) is 3.29. The topological polar surface area (TPSA) is 71.3 Å². The first-order chi connectivity index (χ1) is 11.1. The van der Waals surface area contributed by atoms with Crippen LogP contribution in [-0.4, -0.2) is 22.1 Å². The van der Waals surface area contributed by atoms with E-state index in [1.165, 1.54) is 0 Å². The quantitative estimate of drug-likeness (QED) is 0.833. The standard InChI is InChI=1S/C18H22N2O3/c1-2-3-4-10-19-17(22)14-16(21)13-9-5-7-12-8-6-11-20(15(12)13)18(14)23/h5,7,9,21H,2-4,6,8,10-11H2,1H3,(H,19,22). The number of rotatable bonds is 5. The maximum absolute atomic E-state index is 12.7. The van der Waals surface area contributed by atoms with Crippen molar-refractivity contribution in [3.8, 4) is 5.75 Å². The van der Waals surface area contributed by atoms with Crippen molar-refractivity contribution >= 4 is 16.8 Å². The average Bonchev–Trinajstić information content (AvgIpc) is 2.56. The smallest absolute Gasteiger partial charge is 0.267 e. The lowest BCUT2D eigenvalue weighted by atomic mass is 9.99. The number of para-hydroxylation sites is 1. The number of amides is 1. The molecule has 1 aliphatic heterocycles. The third-order valence-corrected chi connectivity index (χ3v) is 4.46. The average molecular weight is 314 g/mol. The number of unbranched alkanes of at least 4 members (excludes halogenated alkanes) is 2. The van der Waals surface area contributed by atoms with E-state index in [0.717, 1.165) is 43.2 Å². The van der Waals surface area contributed by atoms with Gasteiger partial charge in [-0.2, -0.15) is 0 Å². The Balaban J connectivity index is 2.05. The largest absolute Gasteiger partial charge is 0.506 e. The lowest BCUT2D eigenvalue weighted by Crippen LogP contribution is -2.35. The Morgan fingerprint density at radius 3 is 2.96 bits per heavy atom. The van der Waals surface area contributed by atoms with Crippen LogP contribution in [0, 0.1) is 0 Å². The molecule has 0 saturated heterocycles. The number of carbonyl (C=O) groups is 1. The fourth-order valence-electron chi connectivity index (χ4n) is 3.29. The van der Waals surface area contributed by atoms with E-state index in [1.54, 1.807) is 10.6 Å². The van der Waals surface area contributed by atoms with Gasteiger partial charge in [-0.3, -0.25) is 9.59 Å². The summed E-state index contributed by atoms with van der Waals surface area (Å²) in [4.78, 5) is 25.1. The number of nitrogens with one attached hydrogen (secondary N) is 1. The molecule has 1 aromatic heterocycles. The number of aryl methyl sites for hydroxylation is 2. The highest BCUT2D eigenvalue weighted by Crippen LogP contribution is 2.31. The highest BCUT2D eigenvalue weighted by molar-refractivity contribution is 6.02. The van der Waals surface area contributed by atoms with E-state index >= 15 is 0 Å². The van der Waals surface area contributed by atoms with Gasteiger partial charge >= 0.3 is 0 Å². The predicted molar refractivity (Wildman–Crippen MR) is 90.1 cm³/mol. The number of aromatic nitrogens is 1. The molecule has 0 aliphatic carbocycles. The number of nitrogens with zero attached hydrogens (tertiary/aromatic N) is 1. The van der Waals surface area contributed by atoms with Crippen LogP contribution in [0.2, 0.25) is 0 Å². The molecule has 122 valence electrons. The van der Waals surface area contributed by atoms with E-state index in [4.69, 9.17) is 0 Å². The summed E-state index contributed by atoms with van der Waals surface area (Å²) in [5, 5.41) is 13.8. The first-order valence-corrected chi connectivity index (χ1v) is 8.30. The minimum absolute atomic E-state index is 0.131. The van der Waals surface area contributed by atoms with E-state index in [0.29, 0.717) is 18.5 Å². The molecule has 1 aromatic carbocycles. The Labute approximate surface area is 134 Å². The molecule has 2 aromatic rings. The first kappa shape index (κ1) is 15.6. The Morgan fingerprint density at radius 2 is 2.17 bits per heavy atom. The molecule has 0 spiro atoms. The fraction of sp³-hybridized carbons (Fsp3) is 0.444. The Hall–Kier alpha value is -2.30. The molecule has 0 fully saturated rings. The Kier molecular flexibility index (Phi) is 4.37. The van der Waals surface area contributed by atoms with Gasteiger partial charge < -0.3 is 15.0 Å². The van der Waals surface area contributed by atoms with Gasteiger partial charge in [0.25, 0.3) is 11.5 Å². The summed E-state index contributed by atoms with van der Waals surface area (Å²) < 4.78 is 1.63. The minimum Gasteiger partial charge on any atom is -0.506 e. The highest BCUT2D eigenvalue weighted by Gasteiger charge is 2.24. The third-order valence-electron chi connectivity index (χ3n) is 4.46. The van der Waals surface area contributed by atoms with Crippen LogP contribution in [0.5, 0.6) is 5.75 Å². The Morgan fingerprint density at radius 1 is 1.35 bits per heavy atom. The van der Waals surface area contributed by atoms with Crippen molar-refractivity contribution in [2.45, 2.75) is 45.6 Å². The van der Waals surface area contributed by atoms with Crippen molar-refractivity contribution in [2.75, 3.05) is 6.54 Å². The summed E-state index contributed by atoms with van der Waals surface area (Å²) in [6, 6.07) is 5.60. The zero-order valence-corrected chi connectivity index (χ0v) is 13.4. The van der Waals surface area contributed by atoms with Crippen LogP contribution in [0.15, 0.2) is 23.0 Å². The highest BCUT2D eigenvalue weighted by atomic mass is 16.3. The molecule has 5 heteroatoms. The zero-order valence-electron chi connectivity index (χ0n) is 13.4. The van der Waals surface area contributed by atoms with Crippen LogP contribution in [0.3, 0.4) is 0 Å². The normalized spacial score (nSPS) is 13.3. The monoisotopic (exact) mass is 314 g/mol. The van der Waals surface area contributed by atoms with Gasteiger partial charge in [0, 0.05) is 18.5 Å². The number of pyridine rings is 1. The van der Waals surface area contributed by atoms with Gasteiger partial charge in [0.2, 0.25) is 0 Å². The van der Waals surface area contributed by atoms with Crippen LogP contribution < -0.4 is 10.9 Å². The molecule has 0 bridgehead atoms. The molecule has 1 amide bonds. The van der Waals surface area contributed by atoms with Crippen molar-refractivity contribution < 1.29 is 9.90 Å². The predicted octanol–water partition coefficient (Wildman–Crippen LogP) is 2.57. The van der Waals surface area contributed by atoms with Crippen molar-refractivity contribution in [1.82, 2.24) is 9.88 Å².